The van der Waals surface area contributed by atoms with Crippen LogP contribution in [0.15, 0.2) is 35.5 Å². The van der Waals surface area contributed by atoms with Crippen molar-refractivity contribution < 1.29 is 27.8 Å². The molecule has 0 saturated heterocycles. The third-order valence-corrected chi connectivity index (χ3v) is 3.61. The second-order valence-electron chi connectivity index (χ2n) is 4.56. The van der Waals surface area contributed by atoms with Crippen molar-refractivity contribution in [1.29, 1.82) is 0 Å². The number of hydrogen-bond donors (Lipinski definition) is 1. The Labute approximate surface area is 139 Å². The Morgan fingerprint density at radius 2 is 1.92 bits per heavy atom. The number of nitrogens with zero attached hydrogens (tertiary/aromatic N) is 2. The fourth-order valence-electron chi connectivity index (χ4n) is 1.80. The number of rotatable bonds is 6. The van der Waals surface area contributed by atoms with Crippen molar-refractivity contribution in [3.8, 4) is 17.0 Å². The summed E-state index contributed by atoms with van der Waals surface area (Å²) in [5.41, 5.74) is -0.605. The van der Waals surface area contributed by atoms with Gasteiger partial charge in [-0.05, 0) is 37.3 Å². The van der Waals surface area contributed by atoms with Crippen molar-refractivity contribution in [1.82, 2.24) is 9.97 Å². The summed E-state index contributed by atoms with van der Waals surface area (Å²) in [6, 6.07) is 7.25. The fraction of sp³-hybridized carbons (Fsp3) is 0.267. The lowest BCUT2D eigenvalue weighted by Crippen LogP contribution is -2.10. The molecular formula is C15H13F3N2O3S. The van der Waals surface area contributed by atoms with E-state index < -0.39 is 23.6 Å². The molecule has 0 fully saturated rings. The number of ether oxygens (including phenoxy) is 1. The summed E-state index contributed by atoms with van der Waals surface area (Å²) in [6.07, 6.45) is -4.65. The Bertz CT molecular complexity index is 721. The molecule has 0 saturated carbocycles. The number of carboxylic acids is 1. The van der Waals surface area contributed by atoms with E-state index in [1.807, 2.05) is 6.92 Å². The van der Waals surface area contributed by atoms with Gasteiger partial charge in [-0.15, -0.1) is 0 Å². The highest BCUT2D eigenvalue weighted by atomic mass is 32.2. The minimum Gasteiger partial charge on any atom is -0.494 e. The van der Waals surface area contributed by atoms with Gasteiger partial charge in [-0.2, -0.15) is 13.2 Å². The molecule has 5 nitrogen and oxygen atoms in total. The molecule has 1 heterocycles. The Hall–Kier alpha value is -2.29. The molecule has 2 aromatic rings. The van der Waals surface area contributed by atoms with Crippen molar-refractivity contribution in [3.63, 3.8) is 0 Å². The van der Waals surface area contributed by atoms with Gasteiger partial charge in [0.05, 0.1) is 18.1 Å². The first-order valence-corrected chi connectivity index (χ1v) is 7.82. The maximum atomic E-state index is 13.0. The second kappa shape index (κ2) is 7.52. The van der Waals surface area contributed by atoms with Crippen LogP contribution < -0.4 is 4.74 Å². The summed E-state index contributed by atoms with van der Waals surface area (Å²) >= 11 is 0.632. The molecule has 0 aliphatic heterocycles. The summed E-state index contributed by atoms with van der Waals surface area (Å²) in [7, 11) is 0. The summed E-state index contributed by atoms with van der Waals surface area (Å²) in [6.45, 7) is 2.29. The van der Waals surface area contributed by atoms with Gasteiger partial charge in [-0.25, -0.2) is 9.97 Å². The molecule has 2 rings (SSSR count). The molecule has 1 aromatic heterocycles. The van der Waals surface area contributed by atoms with Crippen LogP contribution in [0, 0.1) is 0 Å². The quantitative estimate of drug-likeness (QED) is 0.626. The number of carbonyl (C=O) groups is 1. The van der Waals surface area contributed by atoms with Gasteiger partial charge in [0, 0.05) is 5.56 Å². The topological polar surface area (TPSA) is 72.3 Å². The average Bonchev–Trinajstić information content (AvgIpc) is 2.53. The smallest absolute Gasteiger partial charge is 0.433 e. The Morgan fingerprint density at radius 3 is 2.46 bits per heavy atom. The van der Waals surface area contributed by atoms with Gasteiger partial charge in [-0.1, -0.05) is 11.8 Å². The van der Waals surface area contributed by atoms with Crippen LogP contribution in [0.4, 0.5) is 13.2 Å². The van der Waals surface area contributed by atoms with Gasteiger partial charge in [0.15, 0.2) is 5.16 Å². The lowest BCUT2D eigenvalue weighted by atomic mass is 10.1. The largest absolute Gasteiger partial charge is 0.494 e. The van der Waals surface area contributed by atoms with Crippen molar-refractivity contribution in [2.75, 3.05) is 12.4 Å². The SMILES string of the molecule is CCOc1ccc(-c2cc(C(F)(F)F)nc(SCC(=O)O)n2)cc1. The Morgan fingerprint density at radius 1 is 1.25 bits per heavy atom. The molecule has 1 N–H and O–H groups in total. The van der Waals surface area contributed by atoms with E-state index in [-0.39, 0.29) is 10.9 Å². The molecule has 1 aromatic carbocycles. The lowest BCUT2D eigenvalue weighted by molar-refractivity contribution is -0.141. The number of alkyl halides is 3. The third-order valence-electron chi connectivity index (χ3n) is 2.78. The highest BCUT2D eigenvalue weighted by molar-refractivity contribution is 7.99. The Kier molecular flexibility index (Phi) is 5.66. The standard InChI is InChI=1S/C15H13F3N2O3S/c1-2-23-10-5-3-9(4-6-10)11-7-12(15(16,17)18)20-14(19-11)24-8-13(21)22/h3-7H,2,8H2,1H3,(H,21,22). The number of hydrogen-bond acceptors (Lipinski definition) is 5. The van der Waals surface area contributed by atoms with Gasteiger partial charge in [0.25, 0.3) is 0 Å². The molecule has 0 amide bonds. The third kappa shape index (κ3) is 4.85. The summed E-state index contributed by atoms with van der Waals surface area (Å²) in [5.74, 6) is -1.00. The zero-order valence-corrected chi connectivity index (χ0v) is 13.3. The van der Waals surface area contributed by atoms with Crippen LogP contribution in [-0.2, 0) is 11.0 Å². The van der Waals surface area contributed by atoms with Crippen LogP contribution in [-0.4, -0.2) is 33.4 Å². The van der Waals surface area contributed by atoms with E-state index in [4.69, 9.17) is 9.84 Å². The summed E-state index contributed by atoms with van der Waals surface area (Å²) in [5, 5.41) is 8.42. The normalized spacial score (nSPS) is 11.3. The van der Waals surface area contributed by atoms with Gasteiger partial charge in [0.2, 0.25) is 0 Å². The van der Waals surface area contributed by atoms with Gasteiger partial charge in [-0.3, -0.25) is 4.79 Å². The number of aliphatic carboxylic acids is 1. The fourth-order valence-corrected chi connectivity index (χ4v) is 2.38. The first kappa shape index (κ1) is 18.1. The van der Waals surface area contributed by atoms with E-state index >= 15 is 0 Å². The number of thioether (sulfide) groups is 1. The average molecular weight is 358 g/mol. The van der Waals surface area contributed by atoms with Gasteiger partial charge < -0.3 is 9.84 Å². The summed E-state index contributed by atoms with van der Waals surface area (Å²) in [4.78, 5) is 18.0. The van der Waals surface area contributed by atoms with E-state index in [1.54, 1.807) is 24.3 Å². The Balaban J connectivity index is 2.39. The molecule has 24 heavy (non-hydrogen) atoms. The molecule has 0 bridgehead atoms. The van der Waals surface area contributed by atoms with Gasteiger partial charge >= 0.3 is 12.1 Å². The maximum absolute atomic E-state index is 13.0. The monoisotopic (exact) mass is 358 g/mol. The predicted octanol–water partition coefficient (Wildman–Crippen LogP) is 3.74. The van der Waals surface area contributed by atoms with Crippen LogP contribution in [0.3, 0.4) is 0 Å². The maximum Gasteiger partial charge on any atom is 0.433 e. The predicted molar refractivity (Wildman–Crippen MR) is 82.0 cm³/mol. The van der Waals surface area contributed by atoms with Crippen LogP contribution >= 0.6 is 11.8 Å². The molecular weight excluding hydrogens is 345 g/mol. The van der Waals surface area contributed by atoms with Crippen LogP contribution in [0.25, 0.3) is 11.3 Å². The number of carboxylic acid groups (broad SMARTS) is 1. The molecule has 0 aliphatic carbocycles. The van der Waals surface area contributed by atoms with Crippen molar-refractivity contribution in [2.45, 2.75) is 18.3 Å². The lowest BCUT2D eigenvalue weighted by Gasteiger charge is -2.10. The van der Waals surface area contributed by atoms with Crippen LogP contribution in [0.5, 0.6) is 5.75 Å². The van der Waals surface area contributed by atoms with E-state index in [1.165, 1.54) is 0 Å². The highest BCUT2D eigenvalue weighted by Crippen LogP contribution is 2.32. The molecule has 0 aliphatic rings. The number of benzene rings is 1. The highest BCUT2D eigenvalue weighted by Gasteiger charge is 2.33. The molecule has 0 unspecified atom stereocenters. The van der Waals surface area contributed by atoms with Crippen molar-refractivity contribution in [3.05, 3.63) is 36.0 Å². The van der Waals surface area contributed by atoms with Crippen LogP contribution in [0.2, 0.25) is 0 Å². The number of halogens is 3. The molecule has 9 heteroatoms. The minimum absolute atomic E-state index is 0.0632. The molecule has 0 radical (unpaired) electrons. The first-order chi connectivity index (χ1) is 11.3. The zero-order chi connectivity index (χ0) is 17.7. The zero-order valence-electron chi connectivity index (χ0n) is 12.5. The molecule has 0 spiro atoms. The van der Waals surface area contributed by atoms with Gasteiger partial charge in [0.1, 0.15) is 11.4 Å². The van der Waals surface area contributed by atoms with Crippen molar-refractivity contribution >= 4 is 17.7 Å². The summed E-state index contributed by atoms with van der Waals surface area (Å²) < 4.78 is 44.3. The second-order valence-corrected chi connectivity index (χ2v) is 5.50. The van der Waals surface area contributed by atoms with E-state index in [0.717, 1.165) is 6.07 Å². The minimum atomic E-state index is -4.65. The van der Waals surface area contributed by atoms with E-state index in [9.17, 15) is 18.0 Å². The first-order valence-electron chi connectivity index (χ1n) is 6.83. The molecule has 128 valence electrons. The van der Waals surface area contributed by atoms with Crippen molar-refractivity contribution in [2.24, 2.45) is 0 Å². The van der Waals surface area contributed by atoms with Crippen LogP contribution in [0.1, 0.15) is 12.6 Å². The number of aromatic nitrogens is 2. The molecule has 0 atom stereocenters. The van der Waals surface area contributed by atoms with E-state index in [2.05, 4.69) is 9.97 Å². The van der Waals surface area contributed by atoms with E-state index in [0.29, 0.717) is 29.7 Å².